The lowest BCUT2D eigenvalue weighted by Crippen LogP contribution is -2.27. The molecule has 1 aliphatic heterocycles. The Morgan fingerprint density at radius 2 is 1.92 bits per heavy atom. The van der Waals surface area contributed by atoms with Crippen molar-refractivity contribution in [3.8, 4) is 0 Å². The van der Waals surface area contributed by atoms with E-state index in [1.165, 1.54) is 6.33 Å². The summed E-state index contributed by atoms with van der Waals surface area (Å²) >= 11 is 1.57. The Hall–Kier alpha value is -3.62. The van der Waals surface area contributed by atoms with Crippen LogP contribution in [0.15, 0.2) is 57.9 Å². The number of fused-ring (bicyclic) bond motifs is 2. The summed E-state index contributed by atoms with van der Waals surface area (Å²) in [5.74, 6) is 1.07. The first-order valence-electron chi connectivity index (χ1n) is 16.1. The molecule has 3 heterocycles. The number of rotatable bonds is 20. The lowest BCUT2D eigenvalue weighted by molar-refractivity contribution is -0.0617. The smallest absolute Gasteiger partial charge is 0.263 e. The predicted octanol–water partition coefficient (Wildman–Crippen LogP) is 3.38. The number of hydrogen-bond acceptors (Lipinski definition) is 15. The molecule has 0 bridgehead atoms. The van der Waals surface area contributed by atoms with Crippen LogP contribution in [0.3, 0.4) is 0 Å². The van der Waals surface area contributed by atoms with Crippen molar-refractivity contribution in [3.63, 3.8) is 0 Å². The number of nitrogen functional groups attached to an aromatic ring is 1. The fourth-order valence-corrected chi connectivity index (χ4v) is 7.58. The Bertz CT molecular complexity index is 1840. The molecule has 3 unspecified atom stereocenters. The largest absolute Gasteiger partial charge is 0.394 e. The maximum absolute atomic E-state index is 12.9. The number of aromatic nitrogens is 4. The summed E-state index contributed by atoms with van der Waals surface area (Å²) in [6.07, 6.45) is 4.60. The Morgan fingerprint density at radius 1 is 1.12 bits per heavy atom. The Morgan fingerprint density at radius 3 is 2.72 bits per heavy atom. The van der Waals surface area contributed by atoms with Crippen LogP contribution in [0, 0.1) is 0 Å². The zero-order chi connectivity index (χ0) is 35.5. The van der Waals surface area contributed by atoms with Gasteiger partial charge in [-0.3, -0.25) is 9.40 Å². The highest BCUT2D eigenvalue weighted by Gasteiger charge is 2.38. The summed E-state index contributed by atoms with van der Waals surface area (Å²) in [4.78, 5) is 28.0. The van der Waals surface area contributed by atoms with Crippen molar-refractivity contribution in [3.05, 3.63) is 42.7 Å². The monoisotopic (exact) mass is 732 g/mol. The highest BCUT2D eigenvalue weighted by molar-refractivity contribution is 7.99. The molecule has 272 valence electrons. The van der Waals surface area contributed by atoms with Gasteiger partial charge in [-0.1, -0.05) is 46.1 Å². The van der Waals surface area contributed by atoms with Gasteiger partial charge in [-0.05, 0) is 25.0 Å². The summed E-state index contributed by atoms with van der Waals surface area (Å²) in [5.41, 5.74) is 8.18. The molecule has 4 aromatic rings. The van der Waals surface area contributed by atoms with Gasteiger partial charge in [0.15, 0.2) is 22.1 Å². The molecule has 1 aliphatic rings. The minimum Gasteiger partial charge on any atom is -0.394 e. The van der Waals surface area contributed by atoms with Gasteiger partial charge in [-0.15, -0.1) is 0 Å². The van der Waals surface area contributed by atoms with E-state index in [4.69, 9.17) is 39.3 Å². The van der Waals surface area contributed by atoms with E-state index in [2.05, 4.69) is 20.0 Å². The molecule has 50 heavy (non-hydrogen) atoms. The standard InChI is InChI=1S/C32H44N8O8S2/c1-39(2)24-11-7-10-23-22(24)9-8-12-27(23)50(41,42)38-47-17-15-45-14-16-46-36-13-5-6-18-49-32-37-29-30(33)34-21-35-31(29)40(32)28-19-25(44-4)26(48-28)20-43-3/h7-13,21,25-26,28,38H,5-6,14-20H2,1-4H3,(H2,33,34,35)/b36-13+. The van der Waals surface area contributed by atoms with Crippen LogP contribution >= 0.6 is 11.8 Å². The third kappa shape index (κ3) is 9.18. The van der Waals surface area contributed by atoms with Crippen LogP contribution in [0.5, 0.6) is 0 Å². The number of methoxy groups -OCH3 is 2. The molecule has 3 N–H and O–H groups in total. The number of unbranched alkanes of at least 4 members (excludes halogenated alkanes) is 1. The normalized spacial score (nSPS) is 18.1. The van der Waals surface area contributed by atoms with Crippen LogP contribution in [-0.4, -0.2) is 113 Å². The van der Waals surface area contributed by atoms with Crippen LogP contribution < -0.4 is 15.5 Å². The van der Waals surface area contributed by atoms with Crippen molar-refractivity contribution in [1.29, 1.82) is 0 Å². The zero-order valence-electron chi connectivity index (χ0n) is 28.6. The Balaban J connectivity index is 0.982. The maximum atomic E-state index is 12.9. The quantitative estimate of drug-likeness (QED) is 0.0583. The molecular weight excluding hydrogens is 689 g/mol. The van der Waals surface area contributed by atoms with Crippen LogP contribution in [0.25, 0.3) is 21.9 Å². The predicted molar refractivity (Wildman–Crippen MR) is 191 cm³/mol. The minimum atomic E-state index is -3.90. The minimum absolute atomic E-state index is 0.0222. The van der Waals surface area contributed by atoms with Crippen molar-refractivity contribution < 1.29 is 37.0 Å². The van der Waals surface area contributed by atoms with E-state index in [9.17, 15) is 8.42 Å². The highest BCUT2D eigenvalue weighted by atomic mass is 32.2. The molecule has 1 fully saturated rings. The average Bonchev–Trinajstić information content (AvgIpc) is 3.69. The Labute approximate surface area is 295 Å². The number of oxime groups is 1. The molecule has 2 aromatic carbocycles. The molecule has 0 saturated carbocycles. The van der Waals surface area contributed by atoms with Gasteiger partial charge < -0.3 is 34.4 Å². The number of anilines is 2. The number of ether oxygens (including phenoxy) is 4. The van der Waals surface area contributed by atoms with Gasteiger partial charge in [0.1, 0.15) is 25.3 Å². The first-order valence-corrected chi connectivity index (χ1v) is 18.5. The van der Waals surface area contributed by atoms with E-state index in [0.717, 1.165) is 28.4 Å². The van der Waals surface area contributed by atoms with E-state index >= 15 is 0 Å². The number of nitrogens with one attached hydrogen (secondary N) is 1. The molecule has 18 heteroatoms. The number of thioether (sulfide) groups is 1. The fraction of sp³-hybridized carbons (Fsp3) is 0.500. The third-order valence-corrected chi connectivity index (χ3v) is 10.2. The first-order chi connectivity index (χ1) is 24.2. The van der Waals surface area contributed by atoms with E-state index in [-0.39, 0.29) is 49.8 Å². The van der Waals surface area contributed by atoms with Crippen molar-refractivity contribution in [1.82, 2.24) is 24.4 Å². The molecular formula is C32H44N8O8S2. The summed E-state index contributed by atoms with van der Waals surface area (Å²) in [5, 5.41) is 6.16. The van der Waals surface area contributed by atoms with Gasteiger partial charge in [0, 0.05) is 63.2 Å². The van der Waals surface area contributed by atoms with Crippen molar-refractivity contribution in [2.24, 2.45) is 5.16 Å². The van der Waals surface area contributed by atoms with Gasteiger partial charge in [0.2, 0.25) is 0 Å². The number of sulfonamides is 1. The summed E-state index contributed by atoms with van der Waals surface area (Å²) in [7, 11) is 3.22. The summed E-state index contributed by atoms with van der Waals surface area (Å²) in [6, 6.07) is 10.7. The molecule has 0 amide bonds. The van der Waals surface area contributed by atoms with Crippen LogP contribution in [0.2, 0.25) is 0 Å². The summed E-state index contributed by atoms with van der Waals surface area (Å²) in [6.45, 7) is 1.11. The zero-order valence-corrected chi connectivity index (χ0v) is 30.2. The van der Waals surface area contributed by atoms with E-state index in [1.807, 2.05) is 41.8 Å². The van der Waals surface area contributed by atoms with Gasteiger partial charge in [-0.25, -0.2) is 23.4 Å². The van der Waals surface area contributed by atoms with Gasteiger partial charge in [0.25, 0.3) is 10.0 Å². The molecule has 0 spiro atoms. The second kappa shape index (κ2) is 18.0. The third-order valence-electron chi connectivity index (χ3n) is 7.88. The summed E-state index contributed by atoms with van der Waals surface area (Å²) < 4.78 is 50.5. The van der Waals surface area contributed by atoms with Gasteiger partial charge in [0.05, 0.1) is 37.4 Å². The number of hydrogen-bond donors (Lipinski definition) is 2. The van der Waals surface area contributed by atoms with Crippen molar-refractivity contribution >= 4 is 61.4 Å². The topological polar surface area (TPSA) is 187 Å². The van der Waals surface area contributed by atoms with Gasteiger partial charge in [-0.2, -0.15) is 0 Å². The number of benzene rings is 2. The Kier molecular flexibility index (Phi) is 13.6. The van der Waals surface area contributed by atoms with Crippen molar-refractivity contribution in [2.75, 3.05) is 77.7 Å². The molecule has 16 nitrogen and oxygen atoms in total. The van der Waals surface area contributed by atoms with Crippen LogP contribution in [-0.2, 0) is 38.6 Å². The molecule has 0 aliphatic carbocycles. The SMILES string of the molecule is COCC1OC(n2c(SCCC/C=N/OCCOCCONS(=O)(=O)c3cccc4c(N(C)C)cccc34)nc3c(N)ncnc32)CC1OC. The number of imidazole rings is 1. The lowest BCUT2D eigenvalue weighted by Gasteiger charge is -2.17. The number of nitrogens with zero attached hydrogens (tertiary/aromatic N) is 6. The fourth-order valence-electron chi connectivity index (χ4n) is 5.54. The molecule has 0 radical (unpaired) electrons. The van der Waals surface area contributed by atoms with E-state index in [1.54, 1.807) is 50.4 Å². The molecule has 5 rings (SSSR count). The van der Waals surface area contributed by atoms with E-state index < -0.39 is 10.0 Å². The maximum Gasteiger partial charge on any atom is 0.263 e. The van der Waals surface area contributed by atoms with E-state index in [0.29, 0.717) is 41.8 Å². The molecule has 3 atom stereocenters. The lowest BCUT2D eigenvalue weighted by atomic mass is 10.1. The second-order valence-electron chi connectivity index (χ2n) is 11.5. The van der Waals surface area contributed by atoms with Crippen molar-refractivity contribution in [2.45, 2.75) is 47.8 Å². The highest BCUT2D eigenvalue weighted by Crippen LogP contribution is 2.37. The molecule has 2 aromatic heterocycles. The average molecular weight is 733 g/mol. The first kappa shape index (κ1) is 37.6. The number of nitrogens with two attached hydrogens (primary N) is 1. The molecule has 1 saturated heterocycles. The van der Waals surface area contributed by atoms with Crippen LogP contribution in [0.4, 0.5) is 11.5 Å². The second-order valence-corrected chi connectivity index (χ2v) is 14.1. The van der Waals surface area contributed by atoms with Gasteiger partial charge >= 0.3 is 0 Å². The van der Waals surface area contributed by atoms with Crippen LogP contribution in [0.1, 0.15) is 25.5 Å².